The predicted molar refractivity (Wildman–Crippen MR) is 59.7 cm³/mol. The Balaban J connectivity index is 2.80. The van der Waals surface area contributed by atoms with Gasteiger partial charge in [-0.2, -0.15) is 0 Å². The van der Waals surface area contributed by atoms with Crippen LogP contribution in [0.1, 0.15) is 53.9 Å². The summed E-state index contributed by atoms with van der Waals surface area (Å²) < 4.78 is 0. The summed E-state index contributed by atoms with van der Waals surface area (Å²) in [4.78, 5) is 5.72. The lowest BCUT2D eigenvalue weighted by Crippen LogP contribution is -2.57. The van der Waals surface area contributed by atoms with E-state index in [1.807, 2.05) is 13.0 Å². The van der Waals surface area contributed by atoms with Crippen molar-refractivity contribution < 1.29 is 4.84 Å². The average Bonchev–Trinajstić information content (AvgIpc) is 2.01. The van der Waals surface area contributed by atoms with Gasteiger partial charge >= 0.3 is 0 Å². The average molecular weight is 197 g/mol. The Labute approximate surface area is 87.9 Å². The Morgan fingerprint density at radius 3 is 2.00 bits per heavy atom. The van der Waals surface area contributed by atoms with Crippen LogP contribution in [0.3, 0.4) is 0 Å². The lowest BCUT2D eigenvalue weighted by atomic mass is 9.82. The Morgan fingerprint density at radius 1 is 1.07 bits per heavy atom. The van der Waals surface area contributed by atoms with Crippen LogP contribution in [0.5, 0.6) is 0 Å². The zero-order valence-electron chi connectivity index (χ0n) is 10.1. The molecule has 1 aliphatic heterocycles. The SMILES string of the molecule is C/C=C\ON1C(C)(C)CCCC1(C)C. The first-order valence-corrected chi connectivity index (χ1v) is 5.48. The molecule has 0 aromatic rings. The lowest BCUT2D eigenvalue weighted by molar-refractivity contribution is -0.246. The Morgan fingerprint density at radius 2 is 1.57 bits per heavy atom. The lowest BCUT2D eigenvalue weighted by Gasteiger charge is -2.50. The minimum absolute atomic E-state index is 0.140. The standard InChI is InChI=1S/C12H23NO/c1-6-10-14-13-11(2,3)8-7-9-12(13,4)5/h6,10H,7-9H2,1-5H3/b10-6-. The second-order valence-corrected chi connectivity index (χ2v) is 5.35. The molecule has 0 spiro atoms. The van der Waals surface area contributed by atoms with E-state index in [1.54, 1.807) is 6.26 Å². The summed E-state index contributed by atoms with van der Waals surface area (Å²) in [5.41, 5.74) is 0.280. The molecule has 0 N–H and O–H groups in total. The van der Waals surface area contributed by atoms with Crippen molar-refractivity contribution in [2.24, 2.45) is 0 Å². The van der Waals surface area contributed by atoms with Crippen LogP contribution in [0.15, 0.2) is 12.3 Å². The summed E-state index contributed by atoms with van der Waals surface area (Å²) in [5.74, 6) is 0. The van der Waals surface area contributed by atoms with Crippen LogP contribution in [0.4, 0.5) is 0 Å². The number of nitrogens with zero attached hydrogens (tertiary/aromatic N) is 1. The molecule has 0 atom stereocenters. The molecule has 0 unspecified atom stereocenters. The number of hydroxylamine groups is 2. The first-order chi connectivity index (χ1) is 6.40. The topological polar surface area (TPSA) is 12.5 Å². The number of hydrogen-bond donors (Lipinski definition) is 0. The van der Waals surface area contributed by atoms with Crippen LogP contribution < -0.4 is 0 Å². The molecule has 0 aliphatic carbocycles. The van der Waals surface area contributed by atoms with E-state index in [0.717, 1.165) is 0 Å². The molecule has 1 heterocycles. The highest BCUT2D eigenvalue weighted by Gasteiger charge is 2.42. The van der Waals surface area contributed by atoms with Crippen molar-refractivity contribution in [3.8, 4) is 0 Å². The van der Waals surface area contributed by atoms with Crippen LogP contribution in [-0.2, 0) is 4.84 Å². The third-order valence-corrected chi connectivity index (χ3v) is 2.98. The minimum Gasteiger partial charge on any atom is -0.413 e. The molecule has 1 saturated heterocycles. The molecular weight excluding hydrogens is 174 g/mol. The molecule has 0 bridgehead atoms. The second-order valence-electron chi connectivity index (χ2n) is 5.35. The summed E-state index contributed by atoms with van der Waals surface area (Å²) in [6.45, 7) is 11.0. The zero-order valence-corrected chi connectivity index (χ0v) is 10.1. The Hall–Kier alpha value is -0.500. The van der Waals surface area contributed by atoms with E-state index in [1.165, 1.54) is 19.3 Å². The summed E-state index contributed by atoms with van der Waals surface area (Å²) in [6, 6.07) is 0. The van der Waals surface area contributed by atoms with Gasteiger partial charge in [-0.3, -0.25) is 0 Å². The van der Waals surface area contributed by atoms with Crippen molar-refractivity contribution in [3.05, 3.63) is 12.3 Å². The fourth-order valence-corrected chi connectivity index (χ4v) is 2.38. The van der Waals surface area contributed by atoms with E-state index in [-0.39, 0.29) is 11.1 Å². The van der Waals surface area contributed by atoms with E-state index in [0.29, 0.717) is 0 Å². The first-order valence-electron chi connectivity index (χ1n) is 5.48. The monoisotopic (exact) mass is 197 g/mol. The van der Waals surface area contributed by atoms with Crippen molar-refractivity contribution in [1.29, 1.82) is 0 Å². The summed E-state index contributed by atoms with van der Waals surface area (Å²) in [5, 5.41) is 2.14. The van der Waals surface area contributed by atoms with Gasteiger partial charge in [0.2, 0.25) is 0 Å². The van der Waals surface area contributed by atoms with Gasteiger partial charge in [-0.25, -0.2) is 0 Å². The molecule has 1 rings (SSSR count). The van der Waals surface area contributed by atoms with Gasteiger partial charge in [0.1, 0.15) is 6.26 Å². The third-order valence-electron chi connectivity index (χ3n) is 2.98. The first kappa shape index (κ1) is 11.6. The van der Waals surface area contributed by atoms with E-state index in [4.69, 9.17) is 4.84 Å². The largest absolute Gasteiger partial charge is 0.413 e. The molecule has 0 aromatic heterocycles. The molecule has 2 heteroatoms. The Bertz CT molecular complexity index is 202. The maximum absolute atomic E-state index is 5.72. The fourth-order valence-electron chi connectivity index (χ4n) is 2.38. The quantitative estimate of drug-likeness (QED) is 0.628. The maximum Gasteiger partial charge on any atom is 0.107 e. The van der Waals surface area contributed by atoms with Crippen LogP contribution in [-0.4, -0.2) is 16.1 Å². The number of hydrogen-bond acceptors (Lipinski definition) is 2. The van der Waals surface area contributed by atoms with Gasteiger partial charge in [-0.15, -0.1) is 5.06 Å². The molecule has 0 aromatic carbocycles. The van der Waals surface area contributed by atoms with Gasteiger partial charge < -0.3 is 4.84 Å². The number of allylic oxidation sites excluding steroid dienone is 1. The normalized spacial score (nSPS) is 26.6. The van der Waals surface area contributed by atoms with Crippen LogP contribution >= 0.6 is 0 Å². The molecule has 0 amide bonds. The van der Waals surface area contributed by atoms with E-state index < -0.39 is 0 Å². The van der Waals surface area contributed by atoms with Gasteiger partial charge in [-0.1, -0.05) is 6.08 Å². The van der Waals surface area contributed by atoms with Gasteiger partial charge in [0.25, 0.3) is 0 Å². The molecule has 0 radical (unpaired) electrons. The fraction of sp³-hybridized carbons (Fsp3) is 0.833. The second kappa shape index (κ2) is 3.93. The third kappa shape index (κ3) is 2.30. The smallest absolute Gasteiger partial charge is 0.107 e. The molecular formula is C12H23NO. The Kier molecular flexibility index (Phi) is 3.25. The summed E-state index contributed by atoms with van der Waals surface area (Å²) >= 11 is 0. The molecule has 0 saturated carbocycles. The van der Waals surface area contributed by atoms with E-state index >= 15 is 0 Å². The van der Waals surface area contributed by atoms with Crippen molar-refractivity contribution in [3.63, 3.8) is 0 Å². The highest BCUT2D eigenvalue weighted by Crippen LogP contribution is 2.38. The van der Waals surface area contributed by atoms with Crippen molar-refractivity contribution >= 4 is 0 Å². The van der Waals surface area contributed by atoms with E-state index in [9.17, 15) is 0 Å². The van der Waals surface area contributed by atoms with Crippen molar-refractivity contribution in [1.82, 2.24) is 5.06 Å². The number of rotatable bonds is 2. The highest BCUT2D eigenvalue weighted by molar-refractivity contribution is 4.93. The van der Waals surface area contributed by atoms with Gasteiger partial charge in [0.05, 0.1) is 11.1 Å². The molecule has 1 aliphatic rings. The van der Waals surface area contributed by atoms with Gasteiger partial charge in [0.15, 0.2) is 0 Å². The van der Waals surface area contributed by atoms with Gasteiger partial charge in [-0.05, 0) is 53.9 Å². The molecule has 14 heavy (non-hydrogen) atoms. The van der Waals surface area contributed by atoms with Crippen molar-refractivity contribution in [2.45, 2.75) is 65.0 Å². The highest BCUT2D eigenvalue weighted by atomic mass is 16.7. The maximum atomic E-state index is 5.72. The van der Waals surface area contributed by atoms with Crippen LogP contribution in [0.2, 0.25) is 0 Å². The van der Waals surface area contributed by atoms with E-state index in [2.05, 4.69) is 32.8 Å². The molecule has 1 fully saturated rings. The number of piperidine rings is 1. The van der Waals surface area contributed by atoms with Gasteiger partial charge in [0, 0.05) is 0 Å². The zero-order chi connectivity index (χ0) is 10.8. The summed E-state index contributed by atoms with van der Waals surface area (Å²) in [7, 11) is 0. The van der Waals surface area contributed by atoms with Crippen LogP contribution in [0.25, 0.3) is 0 Å². The predicted octanol–water partition coefficient (Wildman–Crippen LogP) is 3.49. The summed E-state index contributed by atoms with van der Waals surface area (Å²) in [6.07, 6.45) is 7.40. The van der Waals surface area contributed by atoms with Crippen molar-refractivity contribution in [2.75, 3.05) is 0 Å². The molecule has 2 nitrogen and oxygen atoms in total. The van der Waals surface area contributed by atoms with Crippen LogP contribution in [0, 0.1) is 0 Å². The minimum atomic E-state index is 0.140. The molecule has 82 valence electrons.